The normalized spacial score (nSPS) is 28.1. The number of rotatable bonds is 2. The third-order valence-corrected chi connectivity index (χ3v) is 7.08. The van der Waals surface area contributed by atoms with Crippen molar-refractivity contribution in [3.63, 3.8) is 0 Å². The summed E-state index contributed by atoms with van der Waals surface area (Å²) in [6, 6.07) is 7.72. The van der Waals surface area contributed by atoms with Gasteiger partial charge in [-0.05, 0) is 24.6 Å². The van der Waals surface area contributed by atoms with Crippen molar-refractivity contribution in [3.05, 3.63) is 29.8 Å². The summed E-state index contributed by atoms with van der Waals surface area (Å²) < 4.78 is 23.9. The van der Waals surface area contributed by atoms with Gasteiger partial charge in [0.1, 0.15) is 0 Å². The third kappa shape index (κ3) is 2.92. The van der Waals surface area contributed by atoms with E-state index in [4.69, 9.17) is 0 Å². The smallest absolute Gasteiger partial charge is 0.247 e. The number of fused-ring (bicyclic) bond motifs is 1. The van der Waals surface area contributed by atoms with E-state index in [-0.39, 0.29) is 28.7 Å². The molecule has 1 aromatic carbocycles. The molecule has 2 aliphatic heterocycles. The second-order valence-electron chi connectivity index (χ2n) is 5.65. The molecule has 3 rings (SSSR count). The number of amides is 1. The summed E-state index contributed by atoms with van der Waals surface area (Å²) in [6.07, 6.45) is 0.347. The monoisotopic (exact) mass is 338 g/mol. The third-order valence-electron chi connectivity index (χ3n) is 3.87. The summed E-state index contributed by atoms with van der Waals surface area (Å²) in [5.41, 5.74) is 1.99. The maximum absolute atomic E-state index is 11.9. The van der Waals surface area contributed by atoms with Gasteiger partial charge in [-0.1, -0.05) is 30.8 Å². The van der Waals surface area contributed by atoms with E-state index < -0.39 is 9.84 Å². The van der Waals surface area contributed by atoms with Crippen LogP contribution < -0.4 is 4.90 Å². The van der Waals surface area contributed by atoms with Gasteiger partial charge in [0, 0.05) is 17.4 Å². The summed E-state index contributed by atoms with van der Waals surface area (Å²) in [5, 5.41) is 0.580. The summed E-state index contributed by atoms with van der Waals surface area (Å²) >= 11 is 1.41. The molecule has 2 saturated heterocycles. The molecule has 118 valence electrons. The molecule has 0 radical (unpaired) electrons. The van der Waals surface area contributed by atoms with Crippen molar-refractivity contribution < 1.29 is 13.2 Å². The average molecular weight is 338 g/mol. The first-order chi connectivity index (χ1) is 10.4. The fourth-order valence-corrected chi connectivity index (χ4v) is 6.76. The second kappa shape index (κ2) is 5.70. The van der Waals surface area contributed by atoms with Crippen molar-refractivity contribution in [2.45, 2.75) is 31.6 Å². The molecule has 22 heavy (non-hydrogen) atoms. The number of nitrogens with zero attached hydrogens (tertiary/aromatic N) is 2. The Hall–Kier alpha value is -1.34. The van der Waals surface area contributed by atoms with Crippen molar-refractivity contribution in [3.8, 4) is 0 Å². The molecule has 2 atom stereocenters. The summed E-state index contributed by atoms with van der Waals surface area (Å²) in [4.78, 5) is 17.8. The maximum Gasteiger partial charge on any atom is 0.247 e. The van der Waals surface area contributed by atoms with Crippen molar-refractivity contribution in [1.29, 1.82) is 0 Å². The van der Waals surface area contributed by atoms with Gasteiger partial charge in [0.2, 0.25) is 5.91 Å². The lowest BCUT2D eigenvalue weighted by molar-refractivity contribution is -0.117. The van der Waals surface area contributed by atoms with E-state index in [1.165, 1.54) is 11.8 Å². The zero-order chi connectivity index (χ0) is 15.9. The molecule has 0 N–H and O–H groups in total. The largest absolute Gasteiger partial charge is 0.316 e. The molecule has 0 spiro atoms. The minimum Gasteiger partial charge on any atom is -0.316 e. The van der Waals surface area contributed by atoms with Crippen molar-refractivity contribution in [1.82, 2.24) is 0 Å². The molecule has 7 heteroatoms. The number of carbonyl (C=O) groups is 1. The number of aliphatic imine (C=N–C) groups is 1. The number of amidine groups is 1. The van der Waals surface area contributed by atoms with Crippen LogP contribution in [0.3, 0.4) is 0 Å². The molecule has 5 nitrogen and oxygen atoms in total. The topological polar surface area (TPSA) is 66.8 Å². The average Bonchev–Trinajstić information content (AvgIpc) is 2.89. The minimum atomic E-state index is -3.02. The van der Waals surface area contributed by atoms with Gasteiger partial charge in [-0.15, -0.1) is 0 Å². The molecule has 0 aromatic heterocycles. The van der Waals surface area contributed by atoms with E-state index in [0.29, 0.717) is 11.6 Å². The minimum absolute atomic E-state index is 0.0473. The number of anilines is 1. The number of thioether (sulfide) groups is 1. The van der Waals surface area contributed by atoms with Crippen LogP contribution in [0.15, 0.2) is 29.3 Å². The predicted octanol–water partition coefficient (Wildman–Crippen LogP) is 2.01. The Bertz CT molecular complexity index is 743. The highest BCUT2D eigenvalue weighted by atomic mass is 32.2. The van der Waals surface area contributed by atoms with Crippen LogP contribution in [-0.2, 0) is 14.6 Å². The van der Waals surface area contributed by atoms with E-state index in [0.717, 1.165) is 11.3 Å². The summed E-state index contributed by atoms with van der Waals surface area (Å²) in [7, 11) is -3.02. The second-order valence-corrected chi connectivity index (χ2v) is 9.01. The lowest BCUT2D eigenvalue weighted by Gasteiger charge is -2.24. The van der Waals surface area contributed by atoms with Crippen LogP contribution in [0.1, 0.15) is 18.9 Å². The van der Waals surface area contributed by atoms with Crippen LogP contribution in [-0.4, -0.2) is 42.3 Å². The quantitative estimate of drug-likeness (QED) is 0.825. The molecule has 2 fully saturated rings. The number of sulfone groups is 1. The summed E-state index contributed by atoms with van der Waals surface area (Å²) in [5.74, 6) is 0.102. The number of benzene rings is 1. The Morgan fingerprint density at radius 2 is 2.18 bits per heavy atom. The fourth-order valence-electron chi connectivity index (χ4n) is 2.83. The number of aryl methyl sites for hydroxylation is 1. The van der Waals surface area contributed by atoms with Crippen LogP contribution in [0.2, 0.25) is 0 Å². The molecular formula is C15H18N2O3S2. The Morgan fingerprint density at radius 1 is 1.41 bits per heavy atom. The Labute approximate surface area is 134 Å². The molecule has 0 saturated carbocycles. The van der Waals surface area contributed by atoms with Crippen molar-refractivity contribution in [2.75, 3.05) is 16.4 Å². The molecule has 2 unspecified atom stereocenters. The van der Waals surface area contributed by atoms with Gasteiger partial charge in [-0.2, -0.15) is 4.99 Å². The SMILES string of the molecule is CCC(=O)N=C1SC2CS(=O)(=O)CC2N1c1cccc(C)c1. The lowest BCUT2D eigenvalue weighted by Crippen LogP contribution is -2.37. The van der Waals surface area contributed by atoms with Gasteiger partial charge < -0.3 is 4.90 Å². The molecule has 0 aliphatic carbocycles. The van der Waals surface area contributed by atoms with Gasteiger partial charge in [-0.3, -0.25) is 4.79 Å². The molecule has 0 bridgehead atoms. The van der Waals surface area contributed by atoms with E-state index in [2.05, 4.69) is 4.99 Å². The van der Waals surface area contributed by atoms with Gasteiger partial charge in [0.25, 0.3) is 0 Å². The number of carbonyl (C=O) groups excluding carboxylic acids is 1. The zero-order valence-corrected chi connectivity index (χ0v) is 14.2. The maximum atomic E-state index is 11.9. The van der Waals surface area contributed by atoms with Gasteiger partial charge in [0.05, 0.1) is 17.5 Å². The van der Waals surface area contributed by atoms with Crippen molar-refractivity contribution >= 4 is 38.4 Å². The van der Waals surface area contributed by atoms with Crippen LogP contribution in [0.25, 0.3) is 0 Å². The standard InChI is InChI=1S/C15H18N2O3S2/c1-3-14(18)16-15-17(11-6-4-5-10(2)7-11)12-8-22(19,20)9-13(12)21-15/h4-7,12-13H,3,8-9H2,1-2H3. The molecule has 1 amide bonds. The Kier molecular flexibility index (Phi) is 4.03. The number of hydrogen-bond acceptors (Lipinski definition) is 4. The lowest BCUT2D eigenvalue weighted by atomic mass is 10.1. The summed E-state index contributed by atoms with van der Waals surface area (Å²) in [6.45, 7) is 3.76. The van der Waals surface area contributed by atoms with Crippen LogP contribution in [0, 0.1) is 6.92 Å². The molecule has 1 aromatic rings. The van der Waals surface area contributed by atoms with E-state index in [9.17, 15) is 13.2 Å². The predicted molar refractivity (Wildman–Crippen MR) is 90.2 cm³/mol. The molecule has 2 heterocycles. The van der Waals surface area contributed by atoms with E-state index >= 15 is 0 Å². The van der Waals surface area contributed by atoms with E-state index in [1.807, 2.05) is 36.1 Å². The highest BCUT2D eigenvalue weighted by molar-refractivity contribution is 8.16. The number of hydrogen-bond donors (Lipinski definition) is 0. The van der Waals surface area contributed by atoms with Crippen LogP contribution in [0.4, 0.5) is 5.69 Å². The Morgan fingerprint density at radius 3 is 2.86 bits per heavy atom. The first-order valence-corrected chi connectivity index (χ1v) is 9.94. The first kappa shape index (κ1) is 15.6. The fraction of sp³-hybridized carbons (Fsp3) is 0.467. The van der Waals surface area contributed by atoms with Crippen LogP contribution in [0.5, 0.6) is 0 Å². The highest BCUT2D eigenvalue weighted by Gasteiger charge is 2.49. The van der Waals surface area contributed by atoms with Gasteiger partial charge in [0.15, 0.2) is 15.0 Å². The van der Waals surface area contributed by atoms with Gasteiger partial charge >= 0.3 is 0 Å². The highest BCUT2D eigenvalue weighted by Crippen LogP contribution is 2.41. The molecule has 2 aliphatic rings. The van der Waals surface area contributed by atoms with Gasteiger partial charge in [-0.25, -0.2) is 8.42 Å². The zero-order valence-electron chi connectivity index (χ0n) is 12.5. The van der Waals surface area contributed by atoms with Crippen molar-refractivity contribution in [2.24, 2.45) is 4.99 Å². The van der Waals surface area contributed by atoms with Crippen LogP contribution >= 0.6 is 11.8 Å². The molecular weight excluding hydrogens is 320 g/mol. The van der Waals surface area contributed by atoms with E-state index in [1.54, 1.807) is 6.92 Å². The Balaban J connectivity index is 2.03. The first-order valence-electron chi connectivity index (χ1n) is 7.24.